The summed E-state index contributed by atoms with van der Waals surface area (Å²) in [6.45, 7) is 12.6. The van der Waals surface area contributed by atoms with Crippen LogP contribution >= 0.6 is 11.6 Å². The molecular weight excluding hydrogens is 812 g/mol. The largest absolute Gasteiger partial charge is 0.507 e. The minimum absolute atomic E-state index is 0.0331. The molecule has 0 atom stereocenters. The van der Waals surface area contributed by atoms with E-state index in [0.717, 1.165) is 18.0 Å². The number of nitrogens with one attached hydrogen (secondary N) is 2. The topological polar surface area (TPSA) is 229 Å². The van der Waals surface area contributed by atoms with Gasteiger partial charge in [0.1, 0.15) is 11.5 Å². The molecule has 0 radical (unpaired) electrons. The molecule has 0 unspecified atom stereocenters. The third kappa shape index (κ3) is 6.50. The van der Waals surface area contributed by atoms with Crippen molar-refractivity contribution in [1.29, 1.82) is 0 Å². The molecule has 0 aromatic heterocycles. The number of aryl methyl sites for hydroxylation is 3. The molecule has 0 aliphatic carbocycles. The summed E-state index contributed by atoms with van der Waals surface area (Å²) in [6, 6.07) is 13.6. The maximum Gasteiger partial charge on any atom is 0.276 e. The van der Waals surface area contributed by atoms with Crippen LogP contribution in [0, 0.1) is 20.8 Å². The maximum absolute atomic E-state index is 12.9. The number of hydrogen-bond acceptors (Lipinski definition) is 12. The van der Waals surface area contributed by atoms with Crippen molar-refractivity contribution >= 4 is 80.2 Å². The Balaban J connectivity index is 1.37. The molecule has 62 heavy (non-hydrogen) atoms. The lowest BCUT2D eigenvalue weighted by Crippen LogP contribution is -2.13. The molecule has 0 saturated heterocycles. The van der Waals surface area contributed by atoms with Gasteiger partial charge in [0.25, 0.3) is 11.8 Å². The molecule has 2 aliphatic heterocycles. The van der Waals surface area contributed by atoms with Crippen molar-refractivity contribution in [3.05, 3.63) is 104 Å². The van der Waals surface area contributed by atoms with Crippen LogP contribution in [0.5, 0.6) is 34.5 Å². The Morgan fingerprint density at radius 2 is 0.984 bits per heavy atom. The number of halogens is 1. The van der Waals surface area contributed by atoms with E-state index in [0.29, 0.717) is 60.6 Å². The zero-order chi connectivity index (χ0) is 44.6. The number of rotatable bonds is 7. The van der Waals surface area contributed by atoms with Crippen LogP contribution in [0.25, 0.3) is 32.7 Å². The van der Waals surface area contributed by atoms with Crippen LogP contribution in [0.2, 0.25) is 5.02 Å². The summed E-state index contributed by atoms with van der Waals surface area (Å²) < 4.78 is 0. The highest BCUT2D eigenvalue weighted by atomic mass is 35.5. The fourth-order valence-electron chi connectivity index (χ4n) is 8.50. The van der Waals surface area contributed by atoms with Crippen molar-refractivity contribution in [2.75, 3.05) is 10.6 Å². The average molecular weight is 853 g/mol. The van der Waals surface area contributed by atoms with Gasteiger partial charge >= 0.3 is 0 Å². The lowest BCUT2D eigenvalue weighted by Gasteiger charge is -2.23. The quantitative estimate of drug-likeness (QED) is 0.0437. The first kappa shape index (κ1) is 41.3. The molecule has 2 amide bonds. The van der Waals surface area contributed by atoms with Gasteiger partial charge in [-0.15, -0.1) is 10.2 Å². The molecule has 0 spiro atoms. The van der Waals surface area contributed by atoms with E-state index in [1.165, 1.54) is 0 Å². The highest BCUT2D eigenvalue weighted by Crippen LogP contribution is 2.54. The van der Waals surface area contributed by atoms with E-state index in [1.54, 1.807) is 56.3 Å². The number of phenols is 6. The van der Waals surface area contributed by atoms with E-state index in [2.05, 4.69) is 31.0 Å². The molecule has 15 heteroatoms. The van der Waals surface area contributed by atoms with Crippen molar-refractivity contribution in [2.24, 2.45) is 20.4 Å². The lowest BCUT2D eigenvalue weighted by molar-refractivity contribution is -0.110. The Kier molecular flexibility index (Phi) is 10.1. The monoisotopic (exact) mass is 852 g/mol. The van der Waals surface area contributed by atoms with E-state index < -0.39 is 40.6 Å². The van der Waals surface area contributed by atoms with Gasteiger partial charge in [-0.2, -0.15) is 10.2 Å². The third-order valence-corrected chi connectivity index (χ3v) is 11.5. The molecule has 8 N–H and O–H groups in total. The molecular formula is C47H41ClN6O8. The number of hydrogen-bond donors (Lipinski definition) is 8. The van der Waals surface area contributed by atoms with Gasteiger partial charge in [0, 0.05) is 49.2 Å². The number of amides is 2. The van der Waals surface area contributed by atoms with Crippen molar-refractivity contribution in [2.45, 2.75) is 60.3 Å². The molecule has 2 heterocycles. The molecule has 6 aromatic rings. The zero-order valence-electron chi connectivity index (χ0n) is 34.6. The molecule has 0 fully saturated rings. The summed E-state index contributed by atoms with van der Waals surface area (Å²) in [4.78, 5) is 25.7. The van der Waals surface area contributed by atoms with E-state index in [4.69, 9.17) is 11.6 Å². The lowest BCUT2D eigenvalue weighted by atomic mass is 9.83. The molecule has 0 saturated carbocycles. The second kappa shape index (κ2) is 15.2. The summed E-state index contributed by atoms with van der Waals surface area (Å²) in [5.41, 5.74) is 4.54. The van der Waals surface area contributed by atoms with Crippen molar-refractivity contribution < 1.29 is 40.2 Å². The minimum Gasteiger partial charge on any atom is -0.507 e. The Morgan fingerprint density at radius 3 is 1.42 bits per heavy atom. The molecule has 14 nitrogen and oxygen atoms in total. The highest BCUT2D eigenvalue weighted by Gasteiger charge is 2.31. The van der Waals surface area contributed by atoms with Gasteiger partial charge in [0.05, 0.1) is 34.9 Å². The van der Waals surface area contributed by atoms with Gasteiger partial charge < -0.3 is 41.3 Å². The normalized spacial score (nSPS) is 15.1. The summed E-state index contributed by atoms with van der Waals surface area (Å²) in [6.07, 6.45) is 2.26. The second-order valence-corrected chi connectivity index (χ2v) is 16.5. The number of benzene rings is 6. The molecule has 2 aliphatic rings. The van der Waals surface area contributed by atoms with Crippen LogP contribution in [0.15, 0.2) is 68.9 Å². The van der Waals surface area contributed by atoms with Crippen molar-refractivity contribution in [3.63, 3.8) is 0 Å². The number of anilines is 2. The molecule has 8 rings (SSSR count). The smallest absolute Gasteiger partial charge is 0.276 e. The van der Waals surface area contributed by atoms with Crippen molar-refractivity contribution in [3.8, 4) is 45.6 Å². The maximum atomic E-state index is 12.9. The zero-order valence-corrected chi connectivity index (χ0v) is 35.4. The Hall–Kier alpha value is -7.45. The van der Waals surface area contributed by atoms with Gasteiger partial charge in [0.15, 0.2) is 34.4 Å². The third-order valence-electron chi connectivity index (χ3n) is 11.3. The van der Waals surface area contributed by atoms with E-state index >= 15 is 0 Å². The van der Waals surface area contributed by atoms with Gasteiger partial charge in [-0.25, -0.2) is 0 Å². The fraction of sp³-hybridized carbons (Fsp3) is 0.191. The second-order valence-electron chi connectivity index (χ2n) is 16.1. The summed E-state index contributed by atoms with van der Waals surface area (Å²) in [5.74, 6) is -4.54. The first-order valence-corrected chi connectivity index (χ1v) is 20.0. The number of fused-ring (bicyclic) bond motifs is 4. The minimum atomic E-state index is -0.607. The van der Waals surface area contributed by atoms with E-state index in [1.807, 2.05) is 40.7 Å². The van der Waals surface area contributed by atoms with Gasteiger partial charge in [-0.05, 0) is 84.8 Å². The number of carbonyl (C=O) groups is 2. The predicted octanol–water partition coefficient (Wildman–Crippen LogP) is 9.27. The average Bonchev–Trinajstić information content (AvgIpc) is 3.68. The van der Waals surface area contributed by atoms with Crippen LogP contribution in [0.4, 0.5) is 11.4 Å². The van der Waals surface area contributed by atoms with E-state index in [9.17, 15) is 40.2 Å². The fourth-order valence-corrected chi connectivity index (χ4v) is 8.68. The van der Waals surface area contributed by atoms with Crippen LogP contribution in [-0.4, -0.2) is 66.3 Å². The Labute approximate surface area is 359 Å². The van der Waals surface area contributed by atoms with Gasteiger partial charge in [0.2, 0.25) is 0 Å². The number of nitrogens with zero attached hydrogens (tertiary/aromatic N) is 4. The summed E-state index contributed by atoms with van der Waals surface area (Å²) in [7, 11) is 0. The van der Waals surface area contributed by atoms with Crippen LogP contribution in [-0.2, 0) is 9.59 Å². The van der Waals surface area contributed by atoms with Gasteiger partial charge in [-0.3, -0.25) is 9.59 Å². The van der Waals surface area contributed by atoms with Gasteiger partial charge in [-0.1, -0.05) is 63.1 Å². The standard InChI is InChI=1S/C47H41ClN6O8/c1-18(2)32-26-13-21(6)34(42(57)36(26)28(40(55)44(32)59)16-49-53-38-24-12-20(5)8-10-30(24)51-46(38)61)35-22(7)14-27-33(19(3)4)45(60)41(56)29(37(27)43(35)58)17-50-54-39-25-15-23(48)9-11-31(25)52-47(39)62/h8-19,55-60H,1-7H3,(H,51,53,61)(H,52,54,62)/b49-16+,50-17+. The first-order valence-electron chi connectivity index (χ1n) is 19.6. The number of carbonyl (C=O) groups excluding carboxylic acids is 2. The first-order chi connectivity index (χ1) is 29.4. The Morgan fingerprint density at radius 1 is 0.565 bits per heavy atom. The Bertz CT molecular complexity index is 2920. The van der Waals surface area contributed by atoms with Crippen LogP contribution in [0.3, 0.4) is 0 Å². The summed E-state index contributed by atoms with van der Waals surface area (Å²) in [5, 5.41) is 94.1. The van der Waals surface area contributed by atoms with E-state index in [-0.39, 0.29) is 62.0 Å². The number of aromatic hydroxyl groups is 6. The molecule has 6 aromatic carbocycles. The number of phenolic OH excluding ortho intramolecular Hbond substituents is 6. The predicted molar refractivity (Wildman–Crippen MR) is 243 cm³/mol. The highest BCUT2D eigenvalue weighted by molar-refractivity contribution is 6.54. The van der Waals surface area contributed by atoms with Crippen LogP contribution < -0.4 is 10.6 Å². The molecule has 0 bridgehead atoms. The van der Waals surface area contributed by atoms with Crippen molar-refractivity contribution in [1.82, 2.24) is 0 Å². The summed E-state index contributed by atoms with van der Waals surface area (Å²) >= 11 is 6.19. The van der Waals surface area contributed by atoms with Crippen LogP contribution in [0.1, 0.15) is 89.6 Å². The SMILES string of the molecule is Cc1ccc2c(c1)/C(=N\N=C\c1c(O)c(O)c(C(C)C)c3cc(C)c(-c4c(C)cc5c(C(C)C)c(O)c(O)c(/C=N/N=C6\C(=O)Nc7ccc(Cl)cc76)c5c4O)c(O)c13)C(=O)N2. The molecule has 314 valence electrons.